The summed E-state index contributed by atoms with van der Waals surface area (Å²) in [4.78, 5) is 6.62. The molecule has 1 saturated heterocycles. The van der Waals surface area contributed by atoms with E-state index >= 15 is 0 Å². The van der Waals surface area contributed by atoms with E-state index in [1.165, 1.54) is 0 Å². The molecule has 0 amide bonds. The molecule has 1 aromatic heterocycles. The fraction of sp³-hybridized carbons (Fsp3) is 0.611. The van der Waals surface area contributed by atoms with Crippen LogP contribution in [0, 0.1) is 6.92 Å². The molecule has 0 radical (unpaired) electrons. The lowest BCUT2D eigenvalue weighted by molar-refractivity contribution is -0.179. The highest BCUT2D eigenvalue weighted by Gasteiger charge is 2.29. The number of likely N-dealkylation sites (tertiary alicyclic amines) is 1. The highest BCUT2D eigenvalue weighted by molar-refractivity contribution is 5.76. The van der Waals surface area contributed by atoms with Crippen molar-refractivity contribution in [1.29, 1.82) is 0 Å². The average Bonchev–Trinajstić information content (AvgIpc) is 3.00. The Labute approximate surface area is 149 Å². The maximum Gasteiger partial charge on any atom is 0.411 e. The van der Waals surface area contributed by atoms with E-state index in [1.807, 2.05) is 30.0 Å². The molecule has 1 N–H and O–H groups in total. The van der Waals surface area contributed by atoms with Crippen molar-refractivity contribution < 1.29 is 27.4 Å². The highest BCUT2D eigenvalue weighted by atomic mass is 19.4. The number of alkyl halides is 3. The Morgan fingerprint density at radius 3 is 2.73 bits per heavy atom. The van der Waals surface area contributed by atoms with E-state index in [0.29, 0.717) is 6.54 Å². The van der Waals surface area contributed by atoms with Crippen molar-refractivity contribution in [3.8, 4) is 0 Å². The van der Waals surface area contributed by atoms with Gasteiger partial charge in [0.15, 0.2) is 11.5 Å². The Kier molecular flexibility index (Phi) is 5.84. The number of hydrogen-bond donors (Lipinski definition) is 1. The molecule has 0 bridgehead atoms. The van der Waals surface area contributed by atoms with Crippen LogP contribution in [0.3, 0.4) is 0 Å². The molecule has 5 nitrogen and oxygen atoms in total. The predicted octanol–water partition coefficient (Wildman–Crippen LogP) is 3.26. The molecule has 1 aromatic carbocycles. The number of fused-ring (bicyclic) bond motifs is 1. The fourth-order valence-corrected chi connectivity index (χ4v) is 3.30. The summed E-state index contributed by atoms with van der Waals surface area (Å²) in [5, 5.41) is 9.84. The zero-order valence-electron chi connectivity index (χ0n) is 14.6. The van der Waals surface area contributed by atoms with E-state index in [4.69, 9.17) is 4.42 Å². The van der Waals surface area contributed by atoms with Crippen molar-refractivity contribution in [2.75, 3.05) is 32.8 Å². The Hall–Kier alpha value is -1.64. The Balaban J connectivity index is 1.47. The summed E-state index contributed by atoms with van der Waals surface area (Å²) < 4.78 is 46.6. The van der Waals surface area contributed by atoms with E-state index in [1.54, 1.807) is 0 Å². The van der Waals surface area contributed by atoms with Crippen LogP contribution in [-0.4, -0.2) is 60.1 Å². The second-order valence-corrected chi connectivity index (χ2v) is 6.83. The minimum Gasteiger partial charge on any atom is -0.440 e. The van der Waals surface area contributed by atoms with Gasteiger partial charge in [-0.3, -0.25) is 0 Å². The Bertz CT molecular complexity index is 724. The third kappa shape index (κ3) is 4.96. The summed E-state index contributed by atoms with van der Waals surface area (Å²) in [6.07, 6.45) is -3.62. The molecule has 0 aliphatic carbocycles. The number of β-amino-alcohol motifs (C(OH)–C–C–N with tert-alkyl or cyclic N) is 1. The summed E-state index contributed by atoms with van der Waals surface area (Å²) in [7, 11) is 0. The van der Waals surface area contributed by atoms with Crippen molar-refractivity contribution in [2.45, 2.75) is 38.0 Å². The van der Waals surface area contributed by atoms with Gasteiger partial charge in [-0.25, -0.2) is 4.98 Å². The molecular formula is C18H23F3N2O3. The molecule has 3 rings (SSSR count). The lowest BCUT2D eigenvalue weighted by Crippen LogP contribution is -2.40. The summed E-state index contributed by atoms with van der Waals surface area (Å²) in [5.74, 6) is 0.958. The number of ether oxygens (including phenoxy) is 1. The number of rotatable bonds is 6. The van der Waals surface area contributed by atoms with Crippen LogP contribution in [0.15, 0.2) is 22.6 Å². The molecule has 1 unspecified atom stereocenters. The van der Waals surface area contributed by atoms with Crippen LogP contribution in [0.4, 0.5) is 13.2 Å². The zero-order valence-corrected chi connectivity index (χ0v) is 14.6. The van der Waals surface area contributed by atoms with Gasteiger partial charge in [0.05, 0.1) is 12.7 Å². The Morgan fingerprint density at radius 2 is 2.08 bits per heavy atom. The lowest BCUT2D eigenvalue weighted by atomic mass is 9.96. The monoisotopic (exact) mass is 372 g/mol. The van der Waals surface area contributed by atoms with E-state index in [0.717, 1.165) is 48.5 Å². The number of aryl methyl sites for hydroxylation is 1. The molecule has 2 aromatic rings. The number of halogens is 3. The molecule has 1 aliphatic rings. The number of piperidine rings is 1. The summed E-state index contributed by atoms with van der Waals surface area (Å²) >= 11 is 0. The van der Waals surface area contributed by atoms with E-state index < -0.39 is 18.9 Å². The number of aliphatic hydroxyl groups excluding tert-OH is 1. The summed E-state index contributed by atoms with van der Waals surface area (Å²) in [6, 6.07) is 5.87. The minimum absolute atomic E-state index is 0.219. The molecule has 0 saturated carbocycles. The van der Waals surface area contributed by atoms with Gasteiger partial charge in [0.1, 0.15) is 12.1 Å². The lowest BCUT2D eigenvalue weighted by Gasteiger charge is -2.31. The van der Waals surface area contributed by atoms with E-state index in [-0.39, 0.29) is 12.5 Å². The van der Waals surface area contributed by atoms with Crippen LogP contribution in [0.1, 0.15) is 30.2 Å². The molecule has 2 heterocycles. The number of oxazole rings is 1. The SMILES string of the molecule is Cc1cccc2nc(C3CCN(CC(O)COCC(F)(F)F)CC3)oc12. The quantitative estimate of drug-likeness (QED) is 0.844. The number of hydrogen-bond acceptors (Lipinski definition) is 5. The smallest absolute Gasteiger partial charge is 0.411 e. The van der Waals surface area contributed by atoms with Crippen molar-refractivity contribution in [3.05, 3.63) is 29.7 Å². The second kappa shape index (κ2) is 7.94. The molecule has 1 atom stereocenters. The van der Waals surface area contributed by atoms with Gasteiger partial charge >= 0.3 is 6.18 Å². The van der Waals surface area contributed by atoms with Crippen LogP contribution in [-0.2, 0) is 4.74 Å². The largest absolute Gasteiger partial charge is 0.440 e. The van der Waals surface area contributed by atoms with Gasteiger partial charge in [-0.1, -0.05) is 12.1 Å². The molecule has 144 valence electrons. The number of para-hydroxylation sites is 1. The number of aromatic nitrogens is 1. The van der Waals surface area contributed by atoms with Gasteiger partial charge < -0.3 is 19.2 Å². The highest BCUT2D eigenvalue weighted by Crippen LogP contribution is 2.31. The van der Waals surface area contributed by atoms with Crippen LogP contribution in [0.25, 0.3) is 11.1 Å². The van der Waals surface area contributed by atoms with Crippen LogP contribution in [0.5, 0.6) is 0 Å². The minimum atomic E-state index is -4.37. The number of nitrogens with zero attached hydrogens (tertiary/aromatic N) is 2. The van der Waals surface area contributed by atoms with Crippen LogP contribution in [0.2, 0.25) is 0 Å². The second-order valence-electron chi connectivity index (χ2n) is 6.83. The first-order valence-corrected chi connectivity index (χ1v) is 8.73. The zero-order chi connectivity index (χ0) is 18.7. The first-order valence-electron chi connectivity index (χ1n) is 8.73. The van der Waals surface area contributed by atoms with Gasteiger partial charge in [0.2, 0.25) is 0 Å². The van der Waals surface area contributed by atoms with E-state index in [9.17, 15) is 18.3 Å². The molecule has 1 aliphatic heterocycles. The van der Waals surface area contributed by atoms with Crippen LogP contribution < -0.4 is 0 Å². The maximum absolute atomic E-state index is 12.0. The topological polar surface area (TPSA) is 58.7 Å². The van der Waals surface area contributed by atoms with Crippen molar-refractivity contribution in [3.63, 3.8) is 0 Å². The van der Waals surface area contributed by atoms with Crippen molar-refractivity contribution in [2.24, 2.45) is 0 Å². The van der Waals surface area contributed by atoms with Gasteiger partial charge in [0, 0.05) is 12.5 Å². The maximum atomic E-state index is 12.0. The molecule has 8 heteroatoms. The summed E-state index contributed by atoms with van der Waals surface area (Å²) in [6.45, 7) is 2.11. The van der Waals surface area contributed by atoms with Gasteiger partial charge in [0.25, 0.3) is 0 Å². The number of aliphatic hydroxyl groups is 1. The predicted molar refractivity (Wildman–Crippen MR) is 90.0 cm³/mol. The van der Waals surface area contributed by atoms with Gasteiger partial charge in [-0.05, 0) is 44.5 Å². The molecule has 0 spiro atoms. The van der Waals surface area contributed by atoms with Crippen molar-refractivity contribution >= 4 is 11.1 Å². The first-order chi connectivity index (χ1) is 12.3. The van der Waals surface area contributed by atoms with E-state index in [2.05, 4.69) is 9.72 Å². The normalized spacial score (nSPS) is 18.5. The molecule has 1 fully saturated rings. The third-order valence-corrected chi connectivity index (χ3v) is 4.61. The summed E-state index contributed by atoms with van der Waals surface area (Å²) in [5.41, 5.74) is 2.74. The molecule has 26 heavy (non-hydrogen) atoms. The fourth-order valence-electron chi connectivity index (χ4n) is 3.30. The standard InChI is InChI=1S/C18H23F3N2O3/c1-12-3-2-4-15-16(12)26-17(22-15)13-5-7-23(8-6-13)9-14(24)10-25-11-18(19,20)21/h2-4,13-14,24H,5-11H2,1H3. The van der Waals surface area contributed by atoms with Gasteiger partial charge in [-0.2, -0.15) is 13.2 Å². The van der Waals surface area contributed by atoms with Crippen LogP contribution >= 0.6 is 0 Å². The molecular weight excluding hydrogens is 349 g/mol. The average molecular weight is 372 g/mol. The van der Waals surface area contributed by atoms with Crippen molar-refractivity contribution in [1.82, 2.24) is 9.88 Å². The number of benzene rings is 1. The Morgan fingerprint density at radius 1 is 1.35 bits per heavy atom. The van der Waals surface area contributed by atoms with Gasteiger partial charge in [-0.15, -0.1) is 0 Å². The first kappa shape index (κ1) is 19.1. The third-order valence-electron chi connectivity index (χ3n) is 4.61.